The first-order valence-corrected chi connectivity index (χ1v) is 6.42. The van der Waals surface area contributed by atoms with E-state index in [-0.39, 0.29) is 10.4 Å². The fourth-order valence-electron chi connectivity index (χ4n) is 2.24. The molecule has 4 heteroatoms. The third kappa shape index (κ3) is 2.44. The Kier molecular flexibility index (Phi) is 3.53. The van der Waals surface area contributed by atoms with Gasteiger partial charge in [-0.05, 0) is 31.9 Å². The summed E-state index contributed by atoms with van der Waals surface area (Å²) in [5.74, 6) is 0. The van der Waals surface area contributed by atoms with Crippen LogP contribution in [0.25, 0.3) is 5.69 Å². The number of thiocarbonyl (C=S) groups is 1. The summed E-state index contributed by atoms with van der Waals surface area (Å²) in [6.07, 6.45) is 1.73. The minimum absolute atomic E-state index is 0.130. The fraction of sp³-hybridized carbons (Fsp3) is 0.200. The normalized spacial score (nSPS) is 10.5. The van der Waals surface area contributed by atoms with E-state index < -0.39 is 0 Å². The first kappa shape index (κ1) is 13.5. The van der Waals surface area contributed by atoms with E-state index in [0.29, 0.717) is 5.56 Å². The van der Waals surface area contributed by atoms with E-state index in [1.165, 1.54) is 0 Å². The molecule has 2 aromatic rings. The van der Waals surface area contributed by atoms with Crippen molar-refractivity contribution in [2.45, 2.75) is 20.8 Å². The lowest BCUT2D eigenvalue weighted by Gasteiger charge is -2.17. The summed E-state index contributed by atoms with van der Waals surface area (Å²) in [7, 11) is 0. The van der Waals surface area contributed by atoms with Crippen LogP contribution in [0.5, 0.6) is 0 Å². The minimum atomic E-state index is -0.132. The number of hydrogen-bond donors (Lipinski definition) is 1. The lowest BCUT2D eigenvalue weighted by atomic mass is 10.1. The Bertz CT molecular complexity index is 696. The van der Waals surface area contributed by atoms with E-state index in [2.05, 4.69) is 0 Å². The Hall–Kier alpha value is -1.94. The zero-order chi connectivity index (χ0) is 14.2. The number of benzene rings is 1. The summed E-state index contributed by atoms with van der Waals surface area (Å²) < 4.78 is 1.97. The SMILES string of the molecule is Cc1cccc(C)c1-n1cc(C(N)=S)c(=O)cc1C. The summed E-state index contributed by atoms with van der Waals surface area (Å²) >= 11 is 4.93. The molecule has 0 radical (unpaired) electrons. The first-order chi connectivity index (χ1) is 8.91. The molecular formula is C15H16N2OS. The summed E-state index contributed by atoms with van der Waals surface area (Å²) in [6, 6.07) is 7.67. The average Bonchev–Trinajstić information content (AvgIpc) is 2.30. The topological polar surface area (TPSA) is 48.0 Å². The van der Waals surface area contributed by atoms with Crippen molar-refractivity contribution < 1.29 is 0 Å². The van der Waals surface area contributed by atoms with Crippen LogP contribution in [0.4, 0.5) is 0 Å². The number of aryl methyl sites for hydroxylation is 3. The van der Waals surface area contributed by atoms with Gasteiger partial charge in [0.05, 0.1) is 11.3 Å². The Balaban J connectivity index is 2.80. The average molecular weight is 272 g/mol. The zero-order valence-electron chi connectivity index (χ0n) is 11.2. The zero-order valence-corrected chi connectivity index (χ0v) is 12.0. The quantitative estimate of drug-likeness (QED) is 0.854. The van der Waals surface area contributed by atoms with Crippen molar-refractivity contribution in [1.82, 2.24) is 4.57 Å². The fourth-order valence-corrected chi connectivity index (χ4v) is 2.40. The standard InChI is InChI=1S/C15H16N2OS/c1-9-5-4-6-10(2)14(9)17-8-12(15(16)19)13(18)7-11(17)3/h4-8H,1-3H3,(H2,16,19). The molecule has 0 saturated heterocycles. The van der Waals surface area contributed by atoms with Crippen molar-refractivity contribution in [3.8, 4) is 5.69 Å². The van der Waals surface area contributed by atoms with Crippen molar-refractivity contribution >= 4 is 17.2 Å². The molecule has 0 fully saturated rings. The first-order valence-electron chi connectivity index (χ1n) is 6.01. The van der Waals surface area contributed by atoms with Crippen molar-refractivity contribution in [3.05, 3.63) is 63.1 Å². The maximum Gasteiger partial charge on any atom is 0.192 e. The van der Waals surface area contributed by atoms with E-state index >= 15 is 0 Å². The highest BCUT2D eigenvalue weighted by molar-refractivity contribution is 7.80. The molecule has 0 amide bonds. The second-order valence-electron chi connectivity index (χ2n) is 4.67. The maximum absolute atomic E-state index is 11.9. The molecule has 19 heavy (non-hydrogen) atoms. The lowest BCUT2D eigenvalue weighted by Crippen LogP contribution is -2.23. The van der Waals surface area contributed by atoms with Gasteiger partial charge in [-0.1, -0.05) is 30.4 Å². The van der Waals surface area contributed by atoms with Crippen molar-refractivity contribution in [3.63, 3.8) is 0 Å². The molecule has 0 aliphatic heterocycles. The van der Waals surface area contributed by atoms with E-state index in [9.17, 15) is 4.79 Å². The molecule has 1 aromatic carbocycles. The van der Waals surface area contributed by atoms with Crippen molar-refractivity contribution in [2.75, 3.05) is 0 Å². The molecule has 0 saturated carbocycles. The van der Waals surface area contributed by atoms with E-state index in [0.717, 1.165) is 22.5 Å². The molecule has 0 atom stereocenters. The van der Waals surface area contributed by atoms with E-state index in [1.807, 2.05) is 43.5 Å². The van der Waals surface area contributed by atoms with Gasteiger partial charge < -0.3 is 10.3 Å². The van der Waals surface area contributed by atoms with Gasteiger partial charge in [0.25, 0.3) is 0 Å². The predicted octanol–water partition coefficient (Wildman–Crippen LogP) is 2.40. The number of para-hydroxylation sites is 1. The van der Waals surface area contributed by atoms with E-state index in [4.69, 9.17) is 18.0 Å². The molecule has 1 heterocycles. The van der Waals surface area contributed by atoms with Gasteiger partial charge in [0, 0.05) is 18.0 Å². The molecule has 98 valence electrons. The van der Waals surface area contributed by atoms with Crippen LogP contribution >= 0.6 is 12.2 Å². The second kappa shape index (κ2) is 4.97. The number of nitrogens with zero attached hydrogens (tertiary/aromatic N) is 1. The second-order valence-corrected chi connectivity index (χ2v) is 5.11. The van der Waals surface area contributed by atoms with Gasteiger partial charge in [0.15, 0.2) is 5.43 Å². The van der Waals surface area contributed by atoms with Crippen LogP contribution in [0.1, 0.15) is 22.4 Å². The largest absolute Gasteiger partial charge is 0.389 e. The van der Waals surface area contributed by atoms with Gasteiger partial charge in [-0.2, -0.15) is 0 Å². The molecule has 0 spiro atoms. The number of nitrogens with two attached hydrogens (primary N) is 1. The Morgan fingerprint density at radius 1 is 1.21 bits per heavy atom. The summed E-state index contributed by atoms with van der Waals surface area (Å²) in [6.45, 7) is 5.98. The van der Waals surface area contributed by atoms with Crippen LogP contribution in [0.3, 0.4) is 0 Å². The maximum atomic E-state index is 11.9. The third-order valence-electron chi connectivity index (χ3n) is 3.19. The minimum Gasteiger partial charge on any atom is -0.389 e. The summed E-state index contributed by atoms with van der Waals surface area (Å²) in [5.41, 5.74) is 10.1. The molecular weight excluding hydrogens is 256 g/mol. The smallest absolute Gasteiger partial charge is 0.192 e. The number of aromatic nitrogens is 1. The molecule has 2 N–H and O–H groups in total. The highest BCUT2D eigenvalue weighted by Crippen LogP contribution is 2.20. The number of pyridine rings is 1. The highest BCUT2D eigenvalue weighted by atomic mass is 32.1. The highest BCUT2D eigenvalue weighted by Gasteiger charge is 2.10. The summed E-state index contributed by atoms with van der Waals surface area (Å²) in [5, 5.41) is 0. The van der Waals surface area contributed by atoms with E-state index in [1.54, 1.807) is 12.3 Å². The van der Waals surface area contributed by atoms with Crippen LogP contribution < -0.4 is 11.2 Å². The van der Waals surface area contributed by atoms with Gasteiger partial charge >= 0.3 is 0 Å². The number of hydrogen-bond acceptors (Lipinski definition) is 2. The Labute approximate surface area is 117 Å². The molecule has 1 aromatic heterocycles. The molecule has 0 unspecified atom stereocenters. The monoisotopic (exact) mass is 272 g/mol. The van der Waals surface area contributed by atoms with Gasteiger partial charge in [-0.15, -0.1) is 0 Å². The molecule has 2 rings (SSSR count). The summed E-state index contributed by atoms with van der Waals surface area (Å²) in [4.78, 5) is 12.0. The molecule has 0 aliphatic carbocycles. The molecule has 0 aliphatic rings. The van der Waals surface area contributed by atoms with Crippen molar-refractivity contribution in [2.24, 2.45) is 5.73 Å². The molecule has 0 bridgehead atoms. The van der Waals surface area contributed by atoms with Crippen LogP contribution in [-0.2, 0) is 0 Å². The van der Waals surface area contributed by atoms with Gasteiger partial charge in [-0.25, -0.2) is 0 Å². The Morgan fingerprint density at radius 2 is 1.79 bits per heavy atom. The predicted molar refractivity (Wildman–Crippen MR) is 82.1 cm³/mol. The van der Waals surface area contributed by atoms with Gasteiger partial charge in [-0.3, -0.25) is 4.79 Å². The van der Waals surface area contributed by atoms with Gasteiger partial charge in [0.2, 0.25) is 0 Å². The van der Waals surface area contributed by atoms with Crippen LogP contribution in [0.15, 0.2) is 35.3 Å². The third-order valence-corrected chi connectivity index (χ3v) is 3.41. The number of rotatable bonds is 2. The molecule has 3 nitrogen and oxygen atoms in total. The lowest BCUT2D eigenvalue weighted by molar-refractivity contribution is 0.949. The van der Waals surface area contributed by atoms with Crippen LogP contribution in [-0.4, -0.2) is 9.56 Å². The van der Waals surface area contributed by atoms with Gasteiger partial charge in [0.1, 0.15) is 4.99 Å². The van der Waals surface area contributed by atoms with Crippen molar-refractivity contribution in [1.29, 1.82) is 0 Å². The Morgan fingerprint density at radius 3 is 2.32 bits per heavy atom. The van der Waals surface area contributed by atoms with Crippen LogP contribution in [0.2, 0.25) is 0 Å². The van der Waals surface area contributed by atoms with Crippen LogP contribution in [0, 0.1) is 20.8 Å².